The van der Waals surface area contributed by atoms with Crippen LogP contribution in [-0.2, 0) is 6.54 Å². The Morgan fingerprint density at radius 2 is 1.75 bits per heavy atom. The lowest BCUT2D eigenvalue weighted by Crippen LogP contribution is -2.35. The Bertz CT molecular complexity index is 413. The maximum absolute atomic E-state index is 6.22. The van der Waals surface area contributed by atoms with E-state index in [2.05, 4.69) is 63.9 Å². The number of nitrogens with one attached hydrogen (secondary N) is 1. The summed E-state index contributed by atoms with van der Waals surface area (Å²) in [5.41, 5.74) is 2.58. The molecule has 0 aliphatic carbocycles. The highest BCUT2D eigenvalue weighted by atomic mass is 35.5. The summed E-state index contributed by atoms with van der Waals surface area (Å²) in [4.78, 5) is 2.45. The van der Waals surface area contributed by atoms with E-state index in [4.69, 9.17) is 11.6 Å². The average Bonchev–Trinajstić information content (AvgIpc) is 2.33. The van der Waals surface area contributed by atoms with Crippen LogP contribution in [0.1, 0.15) is 47.1 Å². The van der Waals surface area contributed by atoms with Crippen molar-refractivity contribution in [3.63, 3.8) is 0 Å². The summed E-state index contributed by atoms with van der Waals surface area (Å²) in [7, 11) is 0. The van der Waals surface area contributed by atoms with E-state index in [1.54, 1.807) is 0 Å². The molecule has 0 heterocycles. The number of hydrogen-bond donors (Lipinski definition) is 1. The number of anilines is 1. The van der Waals surface area contributed by atoms with Crippen LogP contribution < -0.4 is 10.2 Å². The summed E-state index contributed by atoms with van der Waals surface area (Å²) in [5.74, 6) is 0.627. The molecule has 0 atom stereocenters. The van der Waals surface area contributed by atoms with Crippen molar-refractivity contribution < 1.29 is 0 Å². The Morgan fingerprint density at radius 3 is 2.25 bits per heavy atom. The van der Waals surface area contributed by atoms with Gasteiger partial charge in [0, 0.05) is 35.9 Å². The second-order valence-electron chi connectivity index (χ2n) is 6.45. The fourth-order valence-electron chi connectivity index (χ4n) is 2.25. The molecule has 0 aliphatic heterocycles. The maximum atomic E-state index is 6.22. The van der Waals surface area contributed by atoms with Crippen molar-refractivity contribution in [3.05, 3.63) is 28.8 Å². The Morgan fingerprint density at radius 1 is 1.10 bits per heavy atom. The third-order valence-corrected chi connectivity index (χ3v) is 3.48. The number of rotatable bonds is 7. The predicted octanol–water partition coefficient (Wildman–Crippen LogP) is 4.71. The monoisotopic (exact) mass is 296 g/mol. The SMILES string of the molecule is CC(C)CN(c1cc(Cl)ccc1CNC(C)C)C(C)C. The van der Waals surface area contributed by atoms with Gasteiger partial charge in [-0.15, -0.1) is 0 Å². The normalized spacial score (nSPS) is 11.7. The van der Waals surface area contributed by atoms with Crippen LogP contribution in [0.3, 0.4) is 0 Å². The topological polar surface area (TPSA) is 15.3 Å². The molecule has 1 rings (SSSR count). The fourth-order valence-corrected chi connectivity index (χ4v) is 2.42. The predicted molar refractivity (Wildman–Crippen MR) is 90.7 cm³/mol. The van der Waals surface area contributed by atoms with E-state index in [1.807, 2.05) is 6.07 Å². The van der Waals surface area contributed by atoms with E-state index in [0.717, 1.165) is 18.1 Å². The van der Waals surface area contributed by atoms with Gasteiger partial charge in [-0.05, 0) is 37.5 Å². The molecule has 0 radical (unpaired) electrons. The van der Waals surface area contributed by atoms with Crippen LogP contribution in [0.2, 0.25) is 5.02 Å². The third kappa shape index (κ3) is 5.34. The highest BCUT2D eigenvalue weighted by Crippen LogP contribution is 2.27. The van der Waals surface area contributed by atoms with Crippen LogP contribution >= 0.6 is 11.6 Å². The molecule has 0 unspecified atom stereocenters. The van der Waals surface area contributed by atoms with Gasteiger partial charge >= 0.3 is 0 Å². The quantitative estimate of drug-likeness (QED) is 0.784. The summed E-state index contributed by atoms with van der Waals surface area (Å²) in [5, 5.41) is 4.31. The fraction of sp³-hybridized carbons (Fsp3) is 0.647. The van der Waals surface area contributed by atoms with Gasteiger partial charge in [0.1, 0.15) is 0 Å². The minimum Gasteiger partial charge on any atom is -0.369 e. The highest BCUT2D eigenvalue weighted by Gasteiger charge is 2.16. The standard InChI is InChI=1S/C17H29ClN2/c1-12(2)11-20(14(5)6)17-9-16(18)8-7-15(17)10-19-13(3)4/h7-9,12-14,19H,10-11H2,1-6H3. The van der Waals surface area contributed by atoms with E-state index < -0.39 is 0 Å². The molecular weight excluding hydrogens is 268 g/mol. The molecule has 20 heavy (non-hydrogen) atoms. The molecule has 0 amide bonds. The molecule has 1 aromatic rings. The van der Waals surface area contributed by atoms with Gasteiger partial charge in [0.25, 0.3) is 0 Å². The summed E-state index contributed by atoms with van der Waals surface area (Å²) in [6, 6.07) is 7.17. The Labute approximate surface area is 129 Å². The highest BCUT2D eigenvalue weighted by molar-refractivity contribution is 6.30. The first-order valence-corrected chi connectivity index (χ1v) is 7.97. The van der Waals surface area contributed by atoms with Crippen molar-refractivity contribution in [1.82, 2.24) is 5.32 Å². The molecule has 1 N–H and O–H groups in total. The first kappa shape index (κ1) is 17.3. The minimum atomic E-state index is 0.466. The van der Waals surface area contributed by atoms with E-state index >= 15 is 0 Å². The van der Waals surface area contributed by atoms with Crippen LogP contribution in [0.4, 0.5) is 5.69 Å². The number of nitrogens with zero attached hydrogens (tertiary/aromatic N) is 1. The molecule has 0 aliphatic rings. The van der Waals surface area contributed by atoms with Gasteiger partial charge in [-0.2, -0.15) is 0 Å². The number of hydrogen-bond acceptors (Lipinski definition) is 2. The van der Waals surface area contributed by atoms with Crippen LogP contribution in [0.15, 0.2) is 18.2 Å². The second-order valence-corrected chi connectivity index (χ2v) is 6.89. The van der Waals surface area contributed by atoms with Crippen molar-refractivity contribution >= 4 is 17.3 Å². The Balaban J connectivity index is 3.07. The van der Waals surface area contributed by atoms with Crippen LogP contribution in [0.25, 0.3) is 0 Å². The first-order chi connectivity index (χ1) is 9.31. The summed E-state index contributed by atoms with van der Waals surface area (Å²) in [6.45, 7) is 15.3. The van der Waals surface area contributed by atoms with Crippen molar-refractivity contribution in [2.45, 2.75) is 60.2 Å². The largest absolute Gasteiger partial charge is 0.369 e. The molecule has 114 valence electrons. The summed E-state index contributed by atoms with van der Waals surface area (Å²) >= 11 is 6.22. The van der Waals surface area contributed by atoms with Gasteiger partial charge in [0.2, 0.25) is 0 Å². The van der Waals surface area contributed by atoms with E-state index in [1.165, 1.54) is 11.3 Å². The lowest BCUT2D eigenvalue weighted by atomic mass is 10.1. The molecule has 0 saturated heterocycles. The molecule has 0 fully saturated rings. The van der Waals surface area contributed by atoms with E-state index in [9.17, 15) is 0 Å². The Kier molecular flexibility index (Phi) is 6.84. The number of halogens is 1. The van der Waals surface area contributed by atoms with Crippen molar-refractivity contribution in [2.24, 2.45) is 5.92 Å². The molecule has 0 aromatic heterocycles. The van der Waals surface area contributed by atoms with Crippen LogP contribution in [-0.4, -0.2) is 18.6 Å². The van der Waals surface area contributed by atoms with Gasteiger partial charge in [-0.1, -0.05) is 45.4 Å². The molecule has 0 bridgehead atoms. The molecule has 0 spiro atoms. The van der Waals surface area contributed by atoms with Crippen molar-refractivity contribution in [3.8, 4) is 0 Å². The third-order valence-electron chi connectivity index (χ3n) is 3.24. The van der Waals surface area contributed by atoms with E-state index in [0.29, 0.717) is 18.0 Å². The number of benzene rings is 1. The van der Waals surface area contributed by atoms with Crippen LogP contribution in [0.5, 0.6) is 0 Å². The van der Waals surface area contributed by atoms with Gasteiger partial charge in [-0.3, -0.25) is 0 Å². The van der Waals surface area contributed by atoms with Crippen molar-refractivity contribution in [2.75, 3.05) is 11.4 Å². The molecule has 2 nitrogen and oxygen atoms in total. The zero-order valence-corrected chi connectivity index (χ0v) is 14.5. The zero-order valence-electron chi connectivity index (χ0n) is 13.7. The van der Waals surface area contributed by atoms with Gasteiger partial charge < -0.3 is 10.2 Å². The molecule has 0 saturated carbocycles. The maximum Gasteiger partial charge on any atom is 0.0429 e. The lowest BCUT2D eigenvalue weighted by Gasteiger charge is -2.33. The van der Waals surface area contributed by atoms with Gasteiger partial charge in [0.15, 0.2) is 0 Å². The lowest BCUT2D eigenvalue weighted by molar-refractivity contribution is 0.560. The van der Waals surface area contributed by atoms with Crippen molar-refractivity contribution in [1.29, 1.82) is 0 Å². The van der Waals surface area contributed by atoms with E-state index in [-0.39, 0.29) is 0 Å². The second kappa shape index (κ2) is 7.90. The molecular formula is C17H29ClN2. The smallest absolute Gasteiger partial charge is 0.0429 e. The summed E-state index contributed by atoms with van der Waals surface area (Å²) in [6.07, 6.45) is 0. The van der Waals surface area contributed by atoms with Crippen LogP contribution in [0, 0.1) is 5.92 Å². The zero-order chi connectivity index (χ0) is 15.3. The molecule has 1 aromatic carbocycles. The average molecular weight is 297 g/mol. The Hall–Kier alpha value is -0.730. The van der Waals surface area contributed by atoms with Gasteiger partial charge in [-0.25, -0.2) is 0 Å². The first-order valence-electron chi connectivity index (χ1n) is 7.59. The molecule has 3 heteroatoms. The van der Waals surface area contributed by atoms with Gasteiger partial charge in [0.05, 0.1) is 0 Å². The minimum absolute atomic E-state index is 0.466. The summed E-state index contributed by atoms with van der Waals surface area (Å²) < 4.78 is 0.